The molecular formula is C15H14BrClFNO. The summed E-state index contributed by atoms with van der Waals surface area (Å²) >= 11 is 9.22. The van der Waals surface area contributed by atoms with Gasteiger partial charge in [-0.15, -0.1) is 0 Å². The van der Waals surface area contributed by atoms with Crippen LogP contribution < -0.4 is 5.73 Å². The molecule has 20 heavy (non-hydrogen) atoms. The van der Waals surface area contributed by atoms with Crippen molar-refractivity contribution in [3.63, 3.8) is 0 Å². The van der Waals surface area contributed by atoms with Gasteiger partial charge in [-0.1, -0.05) is 45.7 Å². The predicted octanol–water partition coefficient (Wildman–Crippen LogP) is 4.02. The molecule has 0 amide bonds. The second-order valence-electron chi connectivity index (χ2n) is 4.48. The zero-order valence-corrected chi connectivity index (χ0v) is 12.9. The smallest absolute Gasteiger partial charge is 0.130 e. The van der Waals surface area contributed by atoms with Crippen molar-refractivity contribution in [2.75, 3.05) is 6.54 Å². The summed E-state index contributed by atoms with van der Waals surface area (Å²) in [5.41, 5.74) is 6.74. The molecule has 2 nitrogen and oxygen atoms in total. The van der Waals surface area contributed by atoms with E-state index in [-0.39, 0.29) is 12.1 Å². The second-order valence-corrected chi connectivity index (χ2v) is 5.77. The lowest BCUT2D eigenvalue weighted by atomic mass is 9.89. The lowest BCUT2D eigenvalue weighted by Crippen LogP contribution is -2.21. The molecule has 0 aromatic heterocycles. The van der Waals surface area contributed by atoms with Crippen molar-refractivity contribution >= 4 is 27.5 Å². The van der Waals surface area contributed by atoms with Gasteiger partial charge in [-0.25, -0.2) is 4.39 Å². The summed E-state index contributed by atoms with van der Waals surface area (Å²) < 4.78 is 14.5. The molecule has 2 atom stereocenters. The number of hydrogen-bond donors (Lipinski definition) is 2. The number of hydrogen-bond acceptors (Lipinski definition) is 2. The van der Waals surface area contributed by atoms with Crippen LogP contribution >= 0.6 is 27.5 Å². The first-order chi connectivity index (χ1) is 9.54. The summed E-state index contributed by atoms with van der Waals surface area (Å²) in [6.45, 7) is 0.183. The van der Waals surface area contributed by atoms with Crippen LogP contribution in [-0.2, 0) is 0 Å². The van der Waals surface area contributed by atoms with Crippen LogP contribution in [0.5, 0.6) is 0 Å². The largest absolute Gasteiger partial charge is 0.388 e. The van der Waals surface area contributed by atoms with E-state index in [9.17, 15) is 9.50 Å². The third kappa shape index (κ3) is 3.20. The maximum absolute atomic E-state index is 13.9. The van der Waals surface area contributed by atoms with Gasteiger partial charge in [-0.2, -0.15) is 0 Å². The van der Waals surface area contributed by atoms with Crippen molar-refractivity contribution in [1.82, 2.24) is 0 Å². The van der Waals surface area contributed by atoms with Crippen LogP contribution in [0.1, 0.15) is 23.1 Å². The van der Waals surface area contributed by atoms with Crippen LogP contribution in [0.25, 0.3) is 0 Å². The molecule has 2 rings (SSSR count). The summed E-state index contributed by atoms with van der Waals surface area (Å²) in [5, 5.41) is 11.0. The van der Waals surface area contributed by atoms with E-state index in [4.69, 9.17) is 17.3 Å². The predicted molar refractivity (Wildman–Crippen MR) is 82.3 cm³/mol. The van der Waals surface area contributed by atoms with Gasteiger partial charge in [0.25, 0.3) is 0 Å². The van der Waals surface area contributed by atoms with E-state index in [1.807, 2.05) is 6.07 Å². The van der Waals surface area contributed by atoms with Crippen molar-refractivity contribution < 1.29 is 9.50 Å². The molecule has 106 valence electrons. The number of benzene rings is 2. The van der Waals surface area contributed by atoms with Crippen LogP contribution in [0, 0.1) is 5.82 Å². The van der Waals surface area contributed by atoms with E-state index in [2.05, 4.69) is 15.9 Å². The fourth-order valence-corrected chi connectivity index (χ4v) is 2.95. The first-order valence-electron chi connectivity index (χ1n) is 6.12. The average molecular weight is 359 g/mol. The second kappa shape index (κ2) is 6.68. The lowest BCUT2D eigenvalue weighted by Gasteiger charge is -2.23. The summed E-state index contributed by atoms with van der Waals surface area (Å²) in [7, 11) is 0. The number of aliphatic hydroxyl groups is 1. The SMILES string of the molecule is NCC(c1cccc(Cl)c1)C(O)c1c(F)cccc1Br. The Morgan fingerprint density at radius 2 is 1.95 bits per heavy atom. The maximum atomic E-state index is 13.9. The van der Waals surface area contributed by atoms with Crippen LogP contribution in [-0.4, -0.2) is 11.7 Å². The molecule has 2 unspecified atom stereocenters. The highest BCUT2D eigenvalue weighted by Crippen LogP contribution is 2.36. The summed E-state index contributed by atoms with van der Waals surface area (Å²) in [5.74, 6) is -0.894. The third-order valence-corrected chi connectivity index (χ3v) is 4.13. The standard InChI is InChI=1S/C15H14BrClFNO/c16-12-5-2-6-13(18)14(12)15(20)11(8-19)9-3-1-4-10(17)7-9/h1-7,11,15,20H,8,19H2. The molecule has 0 spiro atoms. The van der Waals surface area contributed by atoms with Crippen molar-refractivity contribution in [2.45, 2.75) is 12.0 Å². The maximum Gasteiger partial charge on any atom is 0.130 e. The number of rotatable bonds is 4. The molecule has 0 fully saturated rings. The summed E-state index contributed by atoms with van der Waals surface area (Å²) in [6, 6.07) is 11.7. The van der Waals surface area contributed by atoms with Gasteiger partial charge >= 0.3 is 0 Å². The van der Waals surface area contributed by atoms with Gasteiger partial charge < -0.3 is 10.8 Å². The van der Waals surface area contributed by atoms with Crippen LogP contribution in [0.3, 0.4) is 0 Å². The minimum Gasteiger partial charge on any atom is -0.388 e. The lowest BCUT2D eigenvalue weighted by molar-refractivity contribution is 0.142. The Morgan fingerprint density at radius 3 is 2.55 bits per heavy atom. The zero-order valence-electron chi connectivity index (χ0n) is 10.6. The number of halogens is 3. The highest BCUT2D eigenvalue weighted by molar-refractivity contribution is 9.10. The van der Waals surface area contributed by atoms with Crippen LogP contribution in [0.2, 0.25) is 5.02 Å². The minimum atomic E-state index is -1.05. The zero-order chi connectivity index (χ0) is 14.7. The van der Waals surface area contributed by atoms with Gasteiger partial charge in [0.1, 0.15) is 5.82 Å². The molecule has 2 aromatic rings. The topological polar surface area (TPSA) is 46.2 Å². The molecule has 2 aromatic carbocycles. The van der Waals surface area contributed by atoms with E-state index < -0.39 is 17.8 Å². The van der Waals surface area contributed by atoms with E-state index in [1.165, 1.54) is 6.07 Å². The summed E-state index contributed by atoms with van der Waals surface area (Å²) in [4.78, 5) is 0. The molecule has 0 aliphatic heterocycles. The highest BCUT2D eigenvalue weighted by atomic mass is 79.9. The monoisotopic (exact) mass is 357 g/mol. The quantitative estimate of drug-likeness (QED) is 0.867. The molecule has 5 heteroatoms. The Labute approximate surface area is 130 Å². The average Bonchev–Trinajstić information content (AvgIpc) is 2.39. The van der Waals surface area contributed by atoms with Gasteiger partial charge in [0, 0.05) is 27.5 Å². The van der Waals surface area contributed by atoms with Gasteiger partial charge in [0.05, 0.1) is 6.10 Å². The molecule has 0 bridgehead atoms. The minimum absolute atomic E-state index is 0.183. The van der Waals surface area contributed by atoms with Crippen molar-refractivity contribution in [2.24, 2.45) is 5.73 Å². The van der Waals surface area contributed by atoms with E-state index in [0.717, 1.165) is 5.56 Å². The Kier molecular flexibility index (Phi) is 5.16. The molecule has 0 radical (unpaired) electrons. The third-order valence-electron chi connectivity index (χ3n) is 3.21. The number of aliphatic hydroxyl groups excluding tert-OH is 1. The van der Waals surface area contributed by atoms with Gasteiger partial charge in [-0.05, 0) is 29.8 Å². The molecule has 3 N–H and O–H groups in total. The Bertz CT molecular complexity index is 588. The van der Waals surface area contributed by atoms with Crippen molar-refractivity contribution in [1.29, 1.82) is 0 Å². The Balaban J connectivity index is 2.41. The molecule has 0 saturated heterocycles. The fourth-order valence-electron chi connectivity index (χ4n) is 2.18. The van der Waals surface area contributed by atoms with E-state index >= 15 is 0 Å². The molecule has 0 aliphatic rings. The first kappa shape index (κ1) is 15.4. The summed E-state index contributed by atoms with van der Waals surface area (Å²) in [6.07, 6.45) is -1.05. The normalized spacial score (nSPS) is 14.1. The van der Waals surface area contributed by atoms with E-state index in [1.54, 1.807) is 30.3 Å². The van der Waals surface area contributed by atoms with Gasteiger partial charge in [0.15, 0.2) is 0 Å². The number of nitrogens with two attached hydrogens (primary N) is 1. The van der Waals surface area contributed by atoms with Crippen molar-refractivity contribution in [3.8, 4) is 0 Å². The van der Waals surface area contributed by atoms with Gasteiger partial charge in [-0.3, -0.25) is 0 Å². The highest BCUT2D eigenvalue weighted by Gasteiger charge is 2.26. The Morgan fingerprint density at radius 1 is 1.25 bits per heavy atom. The fraction of sp³-hybridized carbons (Fsp3) is 0.200. The first-order valence-corrected chi connectivity index (χ1v) is 7.29. The Hall–Kier alpha value is -0.940. The molecule has 0 aliphatic carbocycles. The van der Waals surface area contributed by atoms with Crippen LogP contribution in [0.4, 0.5) is 4.39 Å². The molecular weight excluding hydrogens is 345 g/mol. The van der Waals surface area contributed by atoms with Crippen molar-refractivity contribution in [3.05, 3.63) is 68.9 Å². The molecule has 0 heterocycles. The molecule has 0 saturated carbocycles. The van der Waals surface area contributed by atoms with Crippen LogP contribution in [0.15, 0.2) is 46.9 Å². The van der Waals surface area contributed by atoms with E-state index in [0.29, 0.717) is 9.50 Å². The van der Waals surface area contributed by atoms with Gasteiger partial charge in [0.2, 0.25) is 0 Å².